The first-order valence-electron chi connectivity index (χ1n) is 6.96. The molecular formula is C14H22ClN3O. The first-order valence-corrected chi connectivity index (χ1v) is 7.49. The molecular weight excluding hydrogens is 262 g/mol. The van der Waals surface area contributed by atoms with Crippen LogP contribution in [0.3, 0.4) is 0 Å². The van der Waals surface area contributed by atoms with E-state index >= 15 is 0 Å². The van der Waals surface area contributed by atoms with Gasteiger partial charge < -0.3 is 14.4 Å². The van der Waals surface area contributed by atoms with Gasteiger partial charge in [-0.3, -0.25) is 4.79 Å². The third-order valence-electron chi connectivity index (χ3n) is 3.64. The monoisotopic (exact) mass is 283 g/mol. The molecule has 1 fully saturated rings. The van der Waals surface area contributed by atoms with Gasteiger partial charge in [0.05, 0.1) is 0 Å². The van der Waals surface area contributed by atoms with Crippen molar-refractivity contribution in [2.45, 2.75) is 13.0 Å². The Kier molecular flexibility index (Phi) is 5.89. The van der Waals surface area contributed by atoms with Crippen LogP contribution in [0.25, 0.3) is 0 Å². The Morgan fingerprint density at radius 1 is 1.00 bits per heavy atom. The highest BCUT2D eigenvalue weighted by Gasteiger charge is 2.13. The maximum atomic E-state index is 11.6. The van der Waals surface area contributed by atoms with Gasteiger partial charge in [-0.05, 0) is 25.6 Å². The number of hydrogen-bond acceptors (Lipinski definition) is 3. The Balaban J connectivity index is 1.80. The molecule has 0 N–H and O–H groups in total. The molecule has 19 heavy (non-hydrogen) atoms. The number of alkyl halides is 1. The maximum absolute atomic E-state index is 11.6. The Bertz CT molecular complexity index is 435. The Labute approximate surface area is 119 Å². The van der Waals surface area contributed by atoms with Gasteiger partial charge in [-0.25, -0.2) is 0 Å². The summed E-state index contributed by atoms with van der Waals surface area (Å²) in [6.45, 7) is 7.09. The summed E-state index contributed by atoms with van der Waals surface area (Å²) in [6.07, 6.45) is 3.04. The summed E-state index contributed by atoms with van der Waals surface area (Å²) >= 11 is 5.79. The predicted molar refractivity (Wildman–Crippen MR) is 78.9 cm³/mol. The van der Waals surface area contributed by atoms with Gasteiger partial charge in [0.15, 0.2) is 0 Å². The highest BCUT2D eigenvalue weighted by Crippen LogP contribution is 2.03. The standard InChI is InChI=1S/C14H22ClN3O/c15-5-9-16-6-3-7-17(11-10-16)12-13-18-8-2-1-4-14(18)19/h1-2,4,8H,3,5-7,9-13H2. The van der Waals surface area contributed by atoms with Gasteiger partial charge in [0.1, 0.15) is 0 Å². The zero-order valence-electron chi connectivity index (χ0n) is 11.3. The van der Waals surface area contributed by atoms with E-state index in [-0.39, 0.29) is 5.56 Å². The van der Waals surface area contributed by atoms with Crippen LogP contribution in [0.2, 0.25) is 0 Å². The summed E-state index contributed by atoms with van der Waals surface area (Å²) in [5.74, 6) is 0.708. The quantitative estimate of drug-likeness (QED) is 0.758. The van der Waals surface area contributed by atoms with Crippen molar-refractivity contribution in [2.75, 3.05) is 45.1 Å². The fourth-order valence-electron chi connectivity index (χ4n) is 2.49. The van der Waals surface area contributed by atoms with Gasteiger partial charge in [0.25, 0.3) is 5.56 Å². The summed E-state index contributed by atoms with van der Waals surface area (Å²) < 4.78 is 1.78. The number of rotatable bonds is 5. The highest BCUT2D eigenvalue weighted by atomic mass is 35.5. The van der Waals surface area contributed by atoms with Gasteiger partial charge in [-0.1, -0.05) is 6.07 Å². The maximum Gasteiger partial charge on any atom is 0.250 e. The number of halogens is 1. The molecule has 0 saturated carbocycles. The molecule has 0 unspecified atom stereocenters. The topological polar surface area (TPSA) is 28.5 Å². The minimum atomic E-state index is 0.0843. The van der Waals surface area contributed by atoms with Crippen molar-refractivity contribution in [3.05, 3.63) is 34.7 Å². The van der Waals surface area contributed by atoms with Crippen LogP contribution in [0.4, 0.5) is 0 Å². The smallest absolute Gasteiger partial charge is 0.250 e. The Morgan fingerprint density at radius 2 is 1.74 bits per heavy atom. The van der Waals surface area contributed by atoms with Gasteiger partial charge in [0.2, 0.25) is 0 Å². The van der Waals surface area contributed by atoms with E-state index in [9.17, 15) is 4.79 Å². The van der Waals surface area contributed by atoms with Crippen LogP contribution >= 0.6 is 11.6 Å². The summed E-state index contributed by atoms with van der Waals surface area (Å²) in [4.78, 5) is 16.5. The van der Waals surface area contributed by atoms with E-state index in [1.54, 1.807) is 16.7 Å². The molecule has 0 aliphatic carbocycles. The van der Waals surface area contributed by atoms with Crippen LogP contribution in [-0.4, -0.2) is 59.5 Å². The zero-order valence-corrected chi connectivity index (χ0v) is 12.1. The Morgan fingerprint density at radius 3 is 2.42 bits per heavy atom. The van der Waals surface area contributed by atoms with Gasteiger partial charge in [-0.15, -0.1) is 11.6 Å². The van der Waals surface area contributed by atoms with Gasteiger partial charge in [-0.2, -0.15) is 0 Å². The third kappa shape index (κ3) is 4.64. The van der Waals surface area contributed by atoms with Crippen LogP contribution < -0.4 is 5.56 Å². The van der Waals surface area contributed by atoms with E-state index in [0.717, 1.165) is 45.8 Å². The lowest BCUT2D eigenvalue weighted by molar-refractivity contribution is 0.255. The molecule has 0 atom stereocenters. The average Bonchev–Trinajstić information content (AvgIpc) is 2.64. The summed E-state index contributed by atoms with van der Waals surface area (Å²) in [7, 11) is 0. The molecule has 1 aromatic rings. The molecule has 2 rings (SSSR count). The van der Waals surface area contributed by atoms with Crippen LogP contribution in [0.5, 0.6) is 0 Å². The lowest BCUT2D eigenvalue weighted by atomic mass is 10.3. The molecule has 0 amide bonds. The minimum Gasteiger partial charge on any atom is -0.314 e. The molecule has 5 heteroatoms. The fraction of sp³-hybridized carbons (Fsp3) is 0.643. The lowest BCUT2D eigenvalue weighted by Crippen LogP contribution is -2.34. The molecule has 0 aromatic carbocycles. The molecule has 1 aliphatic rings. The highest BCUT2D eigenvalue weighted by molar-refractivity contribution is 6.18. The molecule has 1 saturated heterocycles. The van der Waals surface area contributed by atoms with Crippen LogP contribution in [-0.2, 0) is 6.54 Å². The van der Waals surface area contributed by atoms with Crippen LogP contribution in [0.1, 0.15) is 6.42 Å². The molecule has 0 spiro atoms. The van der Waals surface area contributed by atoms with E-state index in [2.05, 4.69) is 9.80 Å². The summed E-state index contributed by atoms with van der Waals surface area (Å²) in [6, 6.07) is 5.31. The second kappa shape index (κ2) is 7.68. The van der Waals surface area contributed by atoms with Crippen molar-refractivity contribution in [1.29, 1.82) is 0 Å². The van der Waals surface area contributed by atoms with E-state index < -0.39 is 0 Å². The first kappa shape index (κ1) is 14.6. The van der Waals surface area contributed by atoms with Crippen molar-refractivity contribution in [1.82, 2.24) is 14.4 Å². The van der Waals surface area contributed by atoms with E-state index in [1.807, 2.05) is 12.3 Å². The van der Waals surface area contributed by atoms with Crippen LogP contribution in [0.15, 0.2) is 29.2 Å². The molecule has 0 bridgehead atoms. The van der Waals surface area contributed by atoms with Crippen molar-refractivity contribution in [3.63, 3.8) is 0 Å². The van der Waals surface area contributed by atoms with Crippen molar-refractivity contribution in [3.8, 4) is 0 Å². The molecule has 1 aliphatic heterocycles. The van der Waals surface area contributed by atoms with E-state index in [4.69, 9.17) is 11.6 Å². The van der Waals surface area contributed by atoms with Crippen LogP contribution in [0, 0.1) is 0 Å². The number of pyridine rings is 1. The second-order valence-corrected chi connectivity index (χ2v) is 5.34. The van der Waals surface area contributed by atoms with Gasteiger partial charge in [0, 0.05) is 50.9 Å². The fourth-order valence-corrected chi connectivity index (χ4v) is 2.72. The summed E-state index contributed by atoms with van der Waals surface area (Å²) in [5.41, 5.74) is 0.0843. The molecule has 4 nitrogen and oxygen atoms in total. The van der Waals surface area contributed by atoms with E-state index in [1.165, 1.54) is 6.42 Å². The predicted octanol–water partition coefficient (Wildman–Crippen LogP) is 1.09. The normalized spacial score (nSPS) is 18.4. The number of hydrogen-bond donors (Lipinski definition) is 0. The van der Waals surface area contributed by atoms with Crippen molar-refractivity contribution >= 4 is 11.6 Å². The molecule has 106 valence electrons. The van der Waals surface area contributed by atoms with Crippen molar-refractivity contribution < 1.29 is 0 Å². The number of nitrogens with zero attached hydrogens (tertiary/aromatic N) is 3. The lowest BCUT2D eigenvalue weighted by Gasteiger charge is -2.21. The molecule has 1 aromatic heterocycles. The zero-order chi connectivity index (χ0) is 13.5. The van der Waals surface area contributed by atoms with E-state index in [0.29, 0.717) is 5.88 Å². The molecule has 2 heterocycles. The number of aromatic nitrogens is 1. The SMILES string of the molecule is O=c1ccccn1CCN1CCCN(CCCl)CC1. The largest absolute Gasteiger partial charge is 0.314 e. The van der Waals surface area contributed by atoms with Gasteiger partial charge >= 0.3 is 0 Å². The second-order valence-electron chi connectivity index (χ2n) is 4.96. The third-order valence-corrected chi connectivity index (χ3v) is 3.81. The summed E-state index contributed by atoms with van der Waals surface area (Å²) in [5, 5.41) is 0. The first-order chi connectivity index (χ1) is 9.29. The minimum absolute atomic E-state index is 0.0843. The molecule has 0 radical (unpaired) electrons. The van der Waals surface area contributed by atoms with Crippen molar-refractivity contribution in [2.24, 2.45) is 0 Å². The Hall–Kier alpha value is -0.840. The average molecular weight is 284 g/mol.